The number of nitrogens with one attached hydrogen (secondary N) is 1. The molecule has 150 valence electrons. The standard InChI is InChI=1S/C24H28N4O/c1-3-23-22(16-25-28(23)21-11-9-18(2)10-12-21)24(29)26-20-8-6-7-19(15-20)17-27-13-4-5-14-27/h6-12,15-16H,3-5,13-14,17H2,1-2H3,(H,26,29). The first kappa shape index (κ1) is 19.4. The summed E-state index contributed by atoms with van der Waals surface area (Å²) < 4.78 is 1.86. The van der Waals surface area contributed by atoms with Crippen LogP contribution in [0.1, 0.15) is 46.9 Å². The summed E-state index contributed by atoms with van der Waals surface area (Å²) in [6.45, 7) is 7.37. The molecule has 0 atom stereocenters. The highest BCUT2D eigenvalue weighted by Gasteiger charge is 2.18. The second-order valence-electron chi connectivity index (χ2n) is 7.74. The molecule has 1 fully saturated rings. The smallest absolute Gasteiger partial charge is 0.259 e. The third-order valence-corrected chi connectivity index (χ3v) is 5.52. The zero-order chi connectivity index (χ0) is 20.2. The molecule has 2 aromatic carbocycles. The lowest BCUT2D eigenvalue weighted by Gasteiger charge is -2.15. The molecule has 3 aromatic rings. The minimum absolute atomic E-state index is 0.112. The molecule has 29 heavy (non-hydrogen) atoms. The Morgan fingerprint density at radius 1 is 1.10 bits per heavy atom. The largest absolute Gasteiger partial charge is 0.322 e. The van der Waals surface area contributed by atoms with Gasteiger partial charge in [-0.05, 0) is 69.1 Å². The minimum Gasteiger partial charge on any atom is -0.322 e. The maximum Gasteiger partial charge on any atom is 0.259 e. The van der Waals surface area contributed by atoms with Crippen LogP contribution in [0.3, 0.4) is 0 Å². The fourth-order valence-electron chi connectivity index (χ4n) is 3.96. The average molecular weight is 389 g/mol. The number of aromatic nitrogens is 2. The molecular formula is C24H28N4O. The number of amides is 1. The molecule has 0 saturated carbocycles. The molecule has 5 heteroatoms. The summed E-state index contributed by atoms with van der Waals surface area (Å²) in [5, 5.41) is 7.55. The van der Waals surface area contributed by atoms with Crippen LogP contribution in [-0.4, -0.2) is 33.7 Å². The summed E-state index contributed by atoms with van der Waals surface area (Å²) in [6, 6.07) is 16.3. The molecule has 1 aromatic heterocycles. The average Bonchev–Trinajstić information content (AvgIpc) is 3.38. The first-order chi connectivity index (χ1) is 14.1. The molecule has 1 saturated heterocycles. The predicted molar refractivity (Wildman–Crippen MR) is 117 cm³/mol. The molecule has 2 heterocycles. The molecule has 0 radical (unpaired) electrons. The Bertz CT molecular complexity index is 984. The monoisotopic (exact) mass is 388 g/mol. The molecule has 0 unspecified atom stereocenters. The molecule has 0 bridgehead atoms. The van der Waals surface area contributed by atoms with Crippen molar-refractivity contribution in [2.75, 3.05) is 18.4 Å². The molecule has 4 rings (SSSR count). The van der Waals surface area contributed by atoms with E-state index in [-0.39, 0.29) is 5.91 Å². The van der Waals surface area contributed by atoms with Gasteiger partial charge in [0.1, 0.15) is 0 Å². The van der Waals surface area contributed by atoms with Crippen molar-refractivity contribution >= 4 is 11.6 Å². The lowest BCUT2D eigenvalue weighted by atomic mass is 10.1. The van der Waals surface area contributed by atoms with E-state index in [2.05, 4.69) is 53.4 Å². The van der Waals surface area contributed by atoms with Crippen LogP contribution in [0.2, 0.25) is 0 Å². The Morgan fingerprint density at radius 2 is 1.86 bits per heavy atom. The summed E-state index contributed by atoms with van der Waals surface area (Å²) in [4.78, 5) is 15.4. The summed E-state index contributed by atoms with van der Waals surface area (Å²) >= 11 is 0. The van der Waals surface area contributed by atoms with Crippen LogP contribution in [0.25, 0.3) is 5.69 Å². The van der Waals surface area contributed by atoms with Crippen LogP contribution in [0.15, 0.2) is 54.7 Å². The van der Waals surface area contributed by atoms with Crippen molar-refractivity contribution < 1.29 is 4.79 Å². The van der Waals surface area contributed by atoms with Gasteiger partial charge in [-0.1, -0.05) is 36.8 Å². The Hall–Kier alpha value is -2.92. The number of carbonyl (C=O) groups excluding carboxylic acids is 1. The molecule has 1 aliphatic heterocycles. The highest BCUT2D eigenvalue weighted by molar-refractivity contribution is 6.05. The van der Waals surface area contributed by atoms with E-state index in [4.69, 9.17) is 0 Å². The van der Waals surface area contributed by atoms with Crippen molar-refractivity contribution in [1.29, 1.82) is 0 Å². The van der Waals surface area contributed by atoms with E-state index in [0.29, 0.717) is 5.56 Å². The van der Waals surface area contributed by atoms with Gasteiger partial charge in [0, 0.05) is 12.2 Å². The van der Waals surface area contributed by atoms with Crippen LogP contribution in [0.5, 0.6) is 0 Å². The van der Waals surface area contributed by atoms with Gasteiger partial charge in [-0.2, -0.15) is 5.10 Å². The van der Waals surface area contributed by atoms with Crippen molar-refractivity contribution in [2.45, 2.75) is 39.7 Å². The number of hydrogen-bond donors (Lipinski definition) is 1. The lowest BCUT2D eigenvalue weighted by Crippen LogP contribution is -2.18. The van der Waals surface area contributed by atoms with Crippen LogP contribution in [0.4, 0.5) is 5.69 Å². The van der Waals surface area contributed by atoms with Gasteiger partial charge < -0.3 is 5.32 Å². The fourth-order valence-corrected chi connectivity index (χ4v) is 3.96. The maximum atomic E-state index is 13.0. The number of nitrogens with zero attached hydrogens (tertiary/aromatic N) is 3. The van der Waals surface area contributed by atoms with E-state index in [1.165, 1.54) is 24.0 Å². The number of hydrogen-bond acceptors (Lipinski definition) is 3. The molecule has 1 amide bonds. The van der Waals surface area contributed by atoms with Crippen LogP contribution in [0, 0.1) is 6.92 Å². The van der Waals surface area contributed by atoms with Crippen molar-refractivity contribution in [3.8, 4) is 5.69 Å². The summed E-state index contributed by atoms with van der Waals surface area (Å²) in [5.41, 5.74) is 5.77. The highest BCUT2D eigenvalue weighted by atomic mass is 16.1. The number of anilines is 1. The van der Waals surface area contributed by atoms with Crippen molar-refractivity contribution in [3.63, 3.8) is 0 Å². The van der Waals surface area contributed by atoms with E-state index in [1.54, 1.807) is 6.20 Å². The summed E-state index contributed by atoms with van der Waals surface area (Å²) in [6.07, 6.45) is 4.95. The van der Waals surface area contributed by atoms with Gasteiger partial charge in [0.05, 0.1) is 23.1 Å². The van der Waals surface area contributed by atoms with E-state index >= 15 is 0 Å². The van der Waals surface area contributed by atoms with Gasteiger partial charge in [0.2, 0.25) is 0 Å². The second-order valence-corrected chi connectivity index (χ2v) is 7.74. The van der Waals surface area contributed by atoms with Gasteiger partial charge in [0.15, 0.2) is 0 Å². The zero-order valence-electron chi connectivity index (χ0n) is 17.2. The van der Waals surface area contributed by atoms with Gasteiger partial charge in [-0.3, -0.25) is 9.69 Å². The molecule has 1 N–H and O–H groups in total. The van der Waals surface area contributed by atoms with Crippen molar-refractivity contribution in [3.05, 3.63) is 77.1 Å². The lowest BCUT2D eigenvalue weighted by molar-refractivity contribution is 0.102. The quantitative estimate of drug-likeness (QED) is 0.672. The van der Waals surface area contributed by atoms with Gasteiger partial charge in [0.25, 0.3) is 5.91 Å². The normalized spacial score (nSPS) is 14.3. The minimum atomic E-state index is -0.112. The third-order valence-electron chi connectivity index (χ3n) is 5.52. The van der Waals surface area contributed by atoms with E-state index in [1.807, 2.05) is 28.9 Å². The topological polar surface area (TPSA) is 50.2 Å². The first-order valence-corrected chi connectivity index (χ1v) is 10.4. The van der Waals surface area contributed by atoms with Crippen LogP contribution in [-0.2, 0) is 13.0 Å². The number of benzene rings is 2. The maximum absolute atomic E-state index is 13.0. The predicted octanol–water partition coefficient (Wildman–Crippen LogP) is 4.59. The van der Waals surface area contributed by atoms with Gasteiger partial charge >= 0.3 is 0 Å². The molecular weight excluding hydrogens is 360 g/mol. The number of aryl methyl sites for hydroxylation is 1. The Kier molecular flexibility index (Phi) is 5.76. The summed E-state index contributed by atoms with van der Waals surface area (Å²) in [5.74, 6) is -0.112. The van der Waals surface area contributed by atoms with Crippen LogP contribution >= 0.6 is 0 Å². The third kappa shape index (κ3) is 4.40. The molecule has 5 nitrogen and oxygen atoms in total. The number of likely N-dealkylation sites (tertiary alicyclic amines) is 1. The Balaban J connectivity index is 1.52. The second kappa shape index (κ2) is 8.62. The van der Waals surface area contributed by atoms with Crippen LogP contribution < -0.4 is 5.32 Å². The molecule has 0 spiro atoms. The SMILES string of the molecule is CCc1c(C(=O)Nc2cccc(CN3CCCC3)c2)cnn1-c1ccc(C)cc1. The highest BCUT2D eigenvalue weighted by Crippen LogP contribution is 2.20. The molecule has 1 aliphatic rings. The van der Waals surface area contributed by atoms with E-state index in [9.17, 15) is 4.79 Å². The van der Waals surface area contributed by atoms with Crippen molar-refractivity contribution in [1.82, 2.24) is 14.7 Å². The fraction of sp³-hybridized carbons (Fsp3) is 0.333. The zero-order valence-corrected chi connectivity index (χ0v) is 17.2. The van der Waals surface area contributed by atoms with E-state index < -0.39 is 0 Å². The Morgan fingerprint density at radius 3 is 2.59 bits per heavy atom. The first-order valence-electron chi connectivity index (χ1n) is 10.4. The van der Waals surface area contributed by atoms with Crippen molar-refractivity contribution in [2.24, 2.45) is 0 Å². The van der Waals surface area contributed by atoms with Gasteiger partial charge in [-0.25, -0.2) is 4.68 Å². The number of rotatable bonds is 6. The molecule has 0 aliphatic carbocycles. The summed E-state index contributed by atoms with van der Waals surface area (Å²) in [7, 11) is 0. The van der Waals surface area contributed by atoms with Gasteiger partial charge in [-0.15, -0.1) is 0 Å². The number of carbonyl (C=O) groups is 1. The Labute approximate surface area is 172 Å². The van der Waals surface area contributed by atoms with E-state index in [0.717, 1.165) is 43.1 Å².